The van der Waals surface area contributed by atoms with Crippen LogP contribution in [0.2, 0.25) is 0 Å². The van der Waals surface area contributed by atoms with Crippen molar-refractivity contribution in [3.05, 3.63) is 0 Å². The molecule has 6 heteroatoms. The first-order valence-corrected chi connectivity index (χ1v) is 6.35. The van der Waals surface area contributed by atoms with Crippen molar-refractivity contribution in [1.29, 1.82) is 0 Å². The van der Waals surface area contributed by atoms with E-state index < -0.39 is 12.0 Å². The molecule has 1 saturated heterocycles. The summed E-state index contributed by atoms with van der Waals surface area (Å²) in [7, 11) is 0. The standard InChI is InChI=1S/C12H22N2O4/c1-4-8(2)10(11(15)16)13-12(17)14-5-6-18-9(3)7-14/h8-10H,4-7H2,1-3H3,(H,13,17)(H,15,16)/t8-,9?,10-/m0/s1. The van der Waals surface area contributed by atoms with Crippen LogP contribution in [0.1, 0.15) is 27.2 Å². The largest absolute Gasteiger partial charge is 0.480 e. The maximum absolute atomic E-state index is 12.0. The number of hydrogen-bond acceptors (Lipinski definition) is 3. The Morgan fingerprint density at radius 2 is 2.22 bits per heavy atom. The van der Waals surface area contributed by atoms with E-state index in [1.54, 1.807) is 4.90 Å². The van der Waals surface area contributed by atoms with Crippen LogP contribution in [0.25, 0.3) is 0 Å². The Morgan fingerprint density at radius 3 is 2.72 bits per heavy atom. The summed E-state index contributed by atoms with van der Waals surface area (Å²) in [6, 6.07) is -1.15. The maximum atomic E-state index is 12.0. The van der Waals surface area contributed by atoms with Crippen LogP contribution in [0.5, 0.6) is 0 Å². The zero-order valence-electron chi connectivity index (χ0n) is 11.2. The molecule has 0 radical (unpaired) electrons. The van der Waals surface area contributed by atoms with Gasteiger partial charge in [0.05, 0.1) is 12.7 Å². The molecule has 1 unspecified atom stereocenters. The summed E-state index contributed by atoms with van der Waals surface area (Å²) in [5.41, 5.74) is 0. The summed E-state index contributed by atoms with van der Waals surface area (Å²) >= 11 is 0. The maximum Gasteiger partial charge on any atom is 0.326 e. The molecule has 104 valence electrons. The molecule has 0 aromatic heterocycles. The average Bonchev–Trinajstić information content (AvgIpc) is 2.34. The van der Waals surface area contributed by atoms with Crippen molar-refractivity contribution in [3.63, 3.8) is 0 Å². The number of carboxylic acid groups (broad SMARTS) is 1. The lowest BCUT2D eigenvalue weighted by atomic mass is 9.99. The van der Waals surface area contributed by atoms with Gasteiger partial charge in [0.1, 0.15) is 6.04 Å². The highest BCUT2D eigenvalue weighted by Crippen LogP contribution is 2.10. The van der Waals surface area contributed by atoms with Crippen LogP contribution in [0.4, 0.5) is 4.79 Å². The second-order valence-corrected chi connectivity index (χ2v) is 4.78. The van der Waals surface area contributed by atoms with Crippen molar-refractivity contribution in [2.45, 2.75) is 39.3 Å². The van der Waals surface area contributed by atoms with Crippen LogP contribution >= 0.6 is 0 Å². The van der Waals surface area contributed by atoms with E-state index >= 15 is 0 Å². The van der Waals surface area contributed by atoms with Gasteiger partial charge in [-0.25, -0.2) is 9.59 Å². The number of hydrogen-bond donors (Lipinski definition) is 2. The number of amides is 2. The van der Waals surface area contributed by atoms with Gasteiger partial charge in [-0.15, -0.1) is 0 Å². The van der Waals surface area contributed by atoms with Crippen molar-refractivity contribution >= 4 is 12.0 Å². The topological polar surface area (TPSA) is 78.9 Å². The average molecular weight is 258 g/mol. The van der Waals surface area contributed by atoms with Gasteiger partial charge >= 0.3 is 12.0 Å². The fraction of sp³-hybridized carbons (Fsp3) is 0.833. The summed E-state index contributed by atoms with van der Waals surface area (Å²) in [4.78, 5) is 24.7. The number of ether oxygens (including phenoxy) is 1. The van der Waals surface area contributed by atoms with E-state index in [0.29, 0.717) is 26.1 Å². The number of carbonyl (C=O) groups excluding carboxylic acids is 1. The molecule has 0 aromatic carbocycles. The van der Waals surface area contributed by atoms with Crippen molar-refractivity contribution in [1.82, 2.24) is 10.2 Å². The highest BCUT2D eigenvalue weighted by Gasteiger charge is 2.29. The molecule has 2 amide bonds. The summed E-state index contributed by atoms with van der Waals surface area (Å²) in [6.07, 6.45) is 0.702. The van der Waals surface area contributed by atoms with Crippen molar-refractivity contribution in [2.75, 3.05) is 19.7 Å². The summed E-state index contributed by atoms with van der Waals surface area (Å²) in [5, 5.41) is 11.7. The normalized spacial score (nSPS) is 23.3. The first-order chi connectivity index (χ1) is 8.45. The van der Waals surface area contributed by atoms with Gasteiger partial charge in [0.25, 0.3) is 0 Å². The monoisotopic (exact) mass is 258 g/mol. The van der Waals surface area contributed by atoms with Crippen molar-refractivity contribution < 1.29 is 19.4 Å². The third-order valence-electron chi connectivity index (χ3n) is 3.29. The third kappa shape index (κ3) is 3.87. The smallest absolute Gasteiger partial charge is 0.326 e. The van der Waals surface area contributed by atoms with Crippen LogP contribution in [-0.2, 0) is 9.53 Å². The first-order valence-electron chi connectivity index (χ1n) is 6.35. The van der Waals surface area contributed by atoms with E-state index in [1.165, 1.54) is 0 Å². The minimum absolute atomic E-state index is 0.00335. The number of nitrogens with one attached hydrogen (secondary N) is 1. The molecule has 2 N–H and O–H groups in total. The molecule has 0 aliphatic carbocycles. The predicted molar refractivity (Wildman–Crippen MR) is 66.4 cm³/mol. The van der Waals surface area contributed by atoms with E-state index in [4.69, 9.17) is 9.84 Å². The van der Waals surface area contributed by atoms with Crippen LogP contribution in [0.3, 0.4) is 0 Å². The summed E-state index contributed by atoms with van der Waals surface area (Å²) < 4.78 is 5.34. The molecule has 1 aliphatic heterocycles. The Balaban J connectivity index is 2.58. The Hall–Kier alpha value is -1.30. The minimum Gasteiger partial charge on any atom is -0.480 e. The number of carbonyl (C=O) groups is 2. The van der Waals surface area contributed by atoms with Gasteiger partial charge in [-0.1, -0.05) is 20.3 Å². The van der Waals surface area contributed by atoms with Crippen molar-refractivity contribution in [2.24, 2.45) is 5.92 Å². The fourth-order valence-electron chi connectivity index (χ4n) is 1.91. The number of urea groups is 1. The SMILES string of the molecule is CC[C@H](C)[C@H](NC(=O)N1CCOC(C)C1)C(=O)O. The second-order valence-electron chi connectivity index (χ2n) is 4.78. The van der Waals surface area contributed by atoms with Gasteiger partial charge < -0.3 is 20.1 Å². The van der Waals surface area contributed by atoms with E-state index in [2.05, 4.69) is 5.32 Å². The van der Waals surface area contributed by atoms with Gasteiger partial charge in [0.15, 0.2) is 0 Å². The Kier molecular flexibility index (Phi) is 5.40. The first kappa shape index (κ1) is 14.8. The Morgan fingerprint density at radius 1 is 1.56 bits per heavy atom. The second kappa shape index (κ2) is 6.58. The molecule has 0 spiro atoms. The van der Waals surface area contributed by atoms with E-state index in [-0.39, 0.29) is 18.1 Å². The Bertz CT molecular complexity index is 308. The molecular weight excluding hydrogens is 236 g/mol. The minimum atomic E-state index is -0.987. The van der Waals surface area contributed by atoms with Gasteiger partial charge in [0.2, 0.25) is 0 Å². The molecule has 0 saturated carbocycles. The molecule has 3 atom stereocenters. The number of nitrogens with zero attached hydrogens (tertiary/aromatic N) is 1. The lowest BCUT2D eigenvalue weighted by Crippen LogP contribution is -2.54. The zero-order chi connectivity index (χ0) is 13.7. The van der Waals surface area contributed by atoms with E-state index in [1.807, 2.05) is 20.8 Å². The number of rotatable bonds is 4. The van der Waals surface area contributed by atoms with Crippen molar-refractivity contribution in [3.8, 4) is 0 Å². The highest BCUT2D eigenvalue weighted by molar-refractivity contribution is 5.82. The molecule has 6 nitrogen and oxygen atoms in total. The molecular formula is C12H22N2O4. The van der Waals surface area contributed by atoms with Crippen LogP contribution in [0, 0.1) is 5.92 Å². The molecule has 1 rings (SSSR count). The molecule has 1 aliphatic rings. The van der Waals surface area contributed by atoms with Gasteiger partial charge in [0, 0.05) is 13.1 Å². The van der Waals surface area contributed by atoms with Crippen LogP contribution in [0.15, 0.2) is 0 Å². The molecule has 1 fully saturated rings. The zero-order valence-corrected chi connectivity index (χ0v) is 11.2. The molecule has 18 heavy (non-hydrogen) atoms. The number of aliphatic carboxylic acids is 1. The highest BCUT2D eigenvalue weighted by atomic mass is 16.5. The summed E-state index contributed by atoms with van der Waals surface area (Å²) in [5.74, 6) is -1.08. The molecule has 0 bridgehead atoms. The lowest BCUT2D eigenvalue weighted by molar-refractivity contribution is -0.140. The summed E-state index contributed by atoms with van der Waals surface area (Å²) in [6.45, 7) is 7.12. The third-order valence-corrected chi connectivity index (χ3v) is 3.29. The molecule has 1 heterocycles. The van der Waals surface area contributed by atoms with Crippen LogP contribution in [-0.4, -0.2) is 53.8 Å². The molecule has 0 aromatic rings. The van der Waals surface area contributed by atoms with E-state index in [9.17, 15) is 9.59 Å². The fourth-order valence-corrected chi connectivity index (χ4v) is 1.91. The number of carboxylic acids is 1. The Labute approximate surface area is 107 Å². The van der Waals surface area contributed by atoms with Gasteiger partial charge in [-0.2, -0.15) is 0 Å². The van der Waals surface area contributed by atoms with Crippen LogP contribution < -0.4 is 5.32 Å². The van der Waals surface area contributed by atoms with Gasteiger partial charge in [-0.05, 0) is 12.8 Å². The predicted octanol–water partition coefficient (Wildman–Crippen LogP) is 0.916. The number of morpholine rings is 1. The lowest BCUT2D eigenvalue weighted by Gasteiger charge is -2.32. The van der Waals surface area contributed by atoms with E-state index in [0.717, 1.165) is 0 Å². The van der Waals surface area contributed by atoms with Gasteiger partial charge in [-0.3, -0.25) is 0 Å². The quantitative estimate of drug-likeness (QED) is 0.785.